The highest BCUT2D eigenvalue weighted by atomic mass is 35.5. The Morgan fingerprint density at radius 2 is 2.00 bits per heavy atom. The zero-order valence-corrected chi connectivity index (χ0v) is 9.22. The largest absolute Gasteiger partial charge is 0.271 e. The number of hydrogen-bond acceptors (Lipinski definition) is 2. The van der Waals surface area contributed by atoms with Crippen LogP contribution in [0.2, 0.25) is 5.02 Å². The third-order valence-corrected chi connectivity index (χ3v) is 2.57. The lowest BCUT2D eigenvalue weighted by Crippen LogP contribution is -2.27. The van der Waals surface area contributed by atoms with Crippen molar-refractivity contribution >= 4 is 11.6 Å². The number of benzene rings is 1. The highest BCUT2D eigenvalue weighted by Crippen LogP contribution is 2.20. The lowest BCUT2D eigenvalue weighted by Gasteiger charge is -2.15. The van der Waals surface area contributed by atoms with Crippen molar-refractivity contribution in [2.45, 2.75) is 32.2 Å². The fourth-order valence-corrected chi connectivity index (χ4v) is 1.58. The van der Waals surface area contributed by atoms with E-state index in [1.807, 2.05) is 24.3 Å². The highest BCUT2D eigenvalue weighted by molar-refractivity contribution is 6.30. The molecule has 0 aromatic heterocycles. The molecule has 78 valence electrons. The van der Waals surface area contributed by atoms with Gasteiger partial charge in [0.15, 0.2) is 0 Å². The maximum Gasteiger partial charge on any atom is 0.0460 e. The van der Waals surface area contributed by atoms with Crippen molar-refractivity contribution < 1.29 is 0 Å². The summed E-state index contributed by atoms with van der Waals surface area (Å²) in [6.45, 7) is 2.18. The van der Waals surface area contributed by atoms with Crippen LogP contribution in [-0.4, -0.2) is 0 Å². The van der Waals surface area contributed by atoms with Crippen LogP contribution in [0.4, 0.5) is 0 Å². The summed E-state index contributed by atoms with van der Waals surface area (Å²) in [4.78, 5) is 0. The van der Waals surface area contributed by atoms with Gasteiger partial charge in [-0.25, -0.2) is 0 Å². The smallest absolute Gasteiger partial charge is 0.0460 e. The highest BCUT2D eigenvalue weighted by Gasteiger charge is 2.07. The number of nitrogens with one attached hydrogen (secondary N) is 1. The molecule has 2 nitrogen and oxygen atoms in total. The van der Waals surface area contributed by atoms with Crippen molar-refractivity contribution in [2.24, 2.45) is 5.84 Å². The second kappa shape index (κ2) is 6.02. The molecule has 3 N–H and O–H groups in total. The first-order chi connectivity index (χ1) is 6.77. The SMILES string of the molecule is CCCC[C@@H](NN)c1ccc(Cl)cc1. The molecule has 0 unspecified atom stereocenters. The predicted molar refractivity (Wildman–Crippen MR) is 61.0 cm³/mol. The Morgan fingerprint density at radius 3 is 2.50 bits per heavy atom. The topological polar surface area (TPSA) is 38.0 Å². The van der Waals surface area contributed by atoms with Gasteiger partial charge in [-0.3, -0.25) is 11.3 Å². The minimum absolute atomic E-state index is 0.243. The summed E-state index contributed by atoms with van der Waals surface area (Å²) in [6.07, 6.45) is 3.43. The molecule has 0 aliphatic rings. The molecule has 0 bridgehead atoms. The molecule has 0 amide bonds. The second-order valence-electron chi connectivity index (χ2n) is 3.41. The molecule has 0 fully saturated rings. The van der Waals surface area contributed by atoms with Gasteiger partial charge in [-0.15, -0.1) is 0 Å². The second-order valence-corrected chi connectivity index (χ2v) is 3.85. The van der Waals surface area contributed by atoms with Gasteiger partial charge in [-0.1, -0.05) is 43.5 Å². The van der Waals surface area contributed by atoms with Crippen molar-refractivity contribution in [3.63, 3.8) is 0 Å². The van der Waals surface area contributed by atoms with Gasteiger partial charge in [0.1, 0.15) is 0 Å². The van der Waals surface area contributed by atoms with Gasteiger partial charge in [-0.2, -0.15) is 0 Å². The normalized spacial score (nSPS) is 12.8. The van der Waals surface area contributed by atoms with Gasteiger partial charge in [-0.05, 0) is 24.1 Å². The molecule has 1 atom stereocenters. The van der Waals surface area contributed by atoms with E-state index in [0.717, 1.165) is 11.4 Å². The third-order valence-electron chi connectivity index (χ3n) is 2.32. The minimum Gasteiger partial charge on any atom is -0.271 e. The molecular weight excluding hydrogens is 196 g/mol. The monoisotopic (exact) mass is 212 g/mol. The van der Waals surface area contributed by atoms with Crippen molar-refractivity contribution in [3.8, 4) is 0 Å². The van der Waals surface area contributed by atoms with Gasteiger partial charge in [0.25, 0.3) is 0 Å². The minimum atomic E-state index is 0.243. The van der Waals surface area contributed by atoms with Crippen LogP contribution in [-0.2, 0) is 0 Å². The molecule has 0 saturated carbocycles. The molecule has 0 aliphatic heterocycles. The summed E-state index contributed by atoms with van der Waals surface area (Å²) < 4.78 is 0. The van der Waals surface area contributed by atoms with Crippen LogP contribution in [0.5, 0.6) is 0 Å². The number of unbranched alkanes of at least 4 members (excludes halogenated alkanes) is 1. The number of hydrazine groups is 1. The van der Waals surface area contributed by atoms with E-state index >= 15 is 0 Å². The Labute approximate surface area is 90.4 Å². The molecule has 0 radical (unpaired) electrons. The first kappa shape index (κ1) is 11.5. The number of halogens is 1. The van der Waals surface area contributed by atoms with E-state index in [1.165, 1.54) is 18.4 Å². The molecule has 0 spiro atoms. The van der Waals surface area contributed by atoms with E-state index in [2.05, 4.69) is 12.3 Å². The van der Waals surface area contributed by atoms with Gasteiger partial charge in [0.2, 0.25) is 0 Å². The standard InChI is InChI=1S/C11H17ClN2/c1-2-3-4-11(14-13)9-5-7-10(12)8-6-9/h5-8,11,14H,2-4,13H2,1H3/t11-/m1/s1. The van der Waals surface area contributed by atoms with Gasteiger partial charge < -0.3 is 0 Å². The van der Waals surface area contributed by atoms with E-state index in [9.17, 15) is 0 Å². The summed E-state index contributed by atoms with van der Waals surface area (Å²) in [7, 11) is 0. The lowest BCUT2D eigenvalue weighted by molar-refractivity contribution is 0.495. The Morgan fingerprint density at radius 1 is 1.36 bits per heavy atom. The fourth-order valence-electron chi connectivity index (χ4n) is 1.45. The fraction of sp³-hybridized carbons (Fsp3) is 0.455. The van der Waals surface area contributed by atoms with Crippen LogP contribution in [0.15, 0.2) is 24.3 Å². The third kappa shape index (κ3) is 3.29. The maximum atomic E-state index is 5.81. The number of hydrogen-bond donors (Lipinski definition) is 2. The van der Waals surface area contributed by atoms with Crippen LogP contribution >= 0.6 is 11.6 Å². The van der Waals surface area contributed by atoms with E-state index in [4.69, 9.17) is 17.4 Å². The average Bonchev–Trinajstić information content (AvgIpc) is 2.21. The zero-order valence-electron chi connectivity index (χ0n) is 8.46. The molecule has 1 aromatic rings. The average molecular weight is 213 g/mol. The molecule has 0 saturated heterocycles. The lowest BCUT2D eigenvalue weighted by atomic mass is 10.0. The molecule has 0 heterocycles. The van der Waals surface area contributed by atoms with Gasteiger partial charge in [0.05, 0.1) is 0 Å². The Bertz CT molecular complexity index is 258. The van der Waals surface area contributed by atoms with Gasteiger partial charge >= 0.3 is 0 Å². The molecule has 3 heteroatoms. The van der Waals surface area contributed by atoms with Crippen molar-refractivity contribution in [1.29, 1.82) is 0 Å². The van der Waals surface area contributed by atoms with E-state index < -0.39 is 0 Å². The zero-order chi connectivity index (χ0) is 10.4. The summed E-state index contributed by atoms with van der Waals surface area (Å²) >= 11 is 5.81. The molecule has 0 aliphatic carbocycles. The predicted octanol–water partition coefficient (Wildman–Crippen LogP) is 3.03. The number of nitrogens with two attached hydrogens (primary N) is 1. The van der Waals surface area contributed by atoms with E-state index in [1.54, 1.807) is 0 Å². The van der Waals surface area contributed by atoms with Crippen LogP contribution < -0.4 is 11.3 Å². The summed E-state index contributed by atoms with van der Waals surface area (Å²) in [5.74, 6) is 5.50. The Kier molecular flexibility index (Phi) is 4.94. The quantitative estimate of drug-likeness (QED) is 0.582. The molecule has 14 heavy (non-hydrogen) atoms. The summed E-state index contributed by atoms with van der Waals surface area (Å²) in [5, 5.41) is 0.764. The molecular formula is C11H17ClN2. The Hall–Kier alpha value is -0.570. The van der Waals surface area contributed by atoms with Crippen molar-refractivity contribution in [1.82, 2.24) is 5.43 Å². The van der Waals surface area contributed by atoms with Gasteiger partial charge in [0, 0.05) is 11.1 Å². The number of rotatable bonds is 5. The van der Waals surface area contributed by atoms with Crippen molar-refractivity contribution in [2.75, 3.05) is 0 Å². The molecule has 1 rings (SSSR count). The maximum absolute atomic E-state index is 5.81. The Balaban J connectivity index is 2.64. The van der Waals surface area contributed by atoms with Crippen LogP contribution in [0.1, 0.15) is 37.8 Å². The van der Waals surface area contributed by atoms with Crippen LogP contribution in [0.25, 0.3) is 0 Å². The first-order valence-corrected chi connectivity index (χ1v) is 5.37. The van der Waals surface area contributed by atoms with Crippen molar-refractivity contribution in [3.05, 3.63) is 34.9 Å². The van der Waals surface area contributed by atoms with E-state index in [-0.39, 0.29) is 6.04 Å². The molecule has 1 aromatic carbocycles. The van der Waals surface area contributed by atoms with E-state index in [0.29, 0.717) is 0 Å². The van der Waals surface area contributed by atoms with Crippen LogP contribution in [0.3, 0.4) is 0 Å². The van der Waals surface area contributed by atoms with Crippen LogP contribution in [0, 0.1) is 0 Å². The summed E-state index contributed by atoms with van der Waals surface area (Å²) in [6, 6.07) is 8.07. The summed E-state index contributed by atoms with van der Waals surface area (Å²) in [5.41, 5.74) is 4.03. The first-order valence-electron chi connectivity index (χ1n) is 4.99.